The minimum absolute atomic E-state index is 0.528. The lowest BCUT2D eigenvalue weighted by Crippen LogP contribution is -2.03. The van der Waals surface area contributed by atoms with E-state index in [-0.39, 0.29) is 0 Å². The second-order valence-corrected chi connectivity index (χ2v) is 19.2. The molecule has 10 aromatic rings. The number of benzene rings is 6. The van der Waals surface area contributed by atoms with Crippen molar-refractivity contribution in [3.63, 3.8) is 0 Å². The molecule has 0 fully saturated rings. The first-order valence-electron chi connectivity index (χ1n) is 22.9. The molecule has 0 saturated carbocycles. The molecule has 10 nitrogen and oxygen atoms in total. The number of nitrogens with zero attached hydrogens (tertiary/aromatic N) is 8. The first-order chi connectivity index (χ1) is 34.3. The van der Waals surface area contributed by atoms with Crippen LogP contribution >= 0.6 is 23.5 Å². The van der Waals surface area contributed by atoms with E-state index in [1.165, 1.54) is 55.6 Å². The van der Waals surface area contributed by atoms with Gasteiger partial charge < -0.3 is 20.2 Å². The Labute approximate surface area is 422 Å². The first kappa shape index (κ1) is 49.2. The zero-order chi connectivity index (χ0) is 50.0. The van der Waals surface area contributed by atoms with Crippen molar-refractivity contribution in [1.82, 2.24) is 29.1 Å². The summed E-state index contributed by atoms with van der Waals surface area (Å²) in [6.45, 7) is 14.0. The lowest BCUT2D eigenvalue weighted by atomic mass is 10.1. The van der Waals surface area contributed by atoms with Crippen molar-refractivity contribution in [2.75, 3.05) is 11.1 Å². The summed E-state index contributed by atoms with van der Waals surface area (Å²) in [4.78, 5) is 20.3. The summed E-state index contributed by atoms with van der Waals surface area (Å²) in [6.07, 6.45) is 3.34. The smallest absolute Gasteiger partial charge is 0.311 e. The van der Waals surface area contributed by atoms with E-state index >= 15 is 0 Å². The normalized spacial score (nSPS) is 10.7. The maximum atomic E-state index is 14.2. The third-order valence-electron chi connectivity index (χ3n) is 11.4. The average molecular weight is 971 g/mol. The van der Waals surface area contributed by atoms with Gasteiger partial charge in [0.15, 0.2) is 0 Å². The van der Waals surface area contributed by atoms with Gasteiger partial charge in [-0.3, -0.25) is 0 Å². The van der Waals surface area contributed by atoms with Gasteiger partial charge in [0.25, 0.3) is 0 Å². The van der Waals surface area contributed by atoms with Crippen LogP contribution in [0.5, 0.6) is 0 Å². The molecule has 71 heavy (non-hydrogen) atoms. The molecule has 0 aliphatic rings. The van der Waals surface area contributed by atoms with Crippen molar-refractivity contribution >= 4 is 62.9 Å². The molecule has 4 aromatic heterocycles. The molecule has 4 heterocycles. The van der Waals surface area contributed by atoms with Crippen LogP contribution in [0.1, 0.15) is 55.6 Å². The van der Waals surface area contributed by atoms with E-state index in [1.807, 2.05) is 59.3 Å². The Morgan fingerprint density at radius 2 is 0.958 bits per heavy atom. The highest BCUT2D eigenvalue weighted by molar-refractivity contribution is 7.99. The van der Waals surface area contributed by atoms with Crippen molar-refractivity contribution in [3.05, 3.63) is 220 Å². The number of fused-ring (bicyclic) bond motifs is 2. The van der Waals surface area contributed by atoms with Crippen molar-refractivity contribution in [2.45, 2.75) is 74.5 Å². The van der Waals surface area contributed by atoms with E-state index in [0.29, 0.717) is 40.0 Å². The van der Waals surface area contributed by atoms with Crippen LogP contribution in [0.3, 0.4) is 0 Å². The number of hydrogen-bond acceptors (Lipinski definition) is 10. The number of rotatable bonds is 10. The second kappa shape index (κ2) is 22.5. The third-order valence-corrected chi connectivity index (χ3v) is 14.2. The van der Waals surface area contributed by atoms with Crippen molar-refractivity contribution < 1.29 is 4.39 Å². The van der Waals surface area contributed by atoms with Crippen LogP contribution in [0, 0.1) is 70.3 Å². The van der Waals surface area contributed by atoms with E-state index in [4.69, 9.17) is 26.2 Å². The van der Waals surface area contributed by atoms with Gasteiger partial charge in [0.1, 0.15) is 21.3 Å². The fourth-order valence-electron chi connectivity index (χ4n) is 8.24. The molecule has 0 aliphatic heterocycles. The number of nitrogens with one attached hydrogen (secondary N) is 1. The van der Waals surface area contributed by atoms with Gasteiger partial charge in [-0.1, -0.05) is 120 Å². The van der Waals surface area contributed by atoms with Gasteiger partial charge in [-0.05, 0) is 136 Å². The van der Waals surface area contributed by atoms with Crippen LogP contribution in [0.15, 0.2) is 178 Å². The highest BCUT2D eigenvalue weighted by Crippen LogP contribution is 2.39. The summed E-state index contributed by atoms with van der Waals surface area (Å²) in [6, 6.07) is 51.5. The molecular formula is C58H51FN10S2. The molecule has 10 rings (SSSR count). The second-order valence-electron chi connectivity index (χ2n) is 17.2. The number of anilines is 3. The predicted octanol–water partition coefficient (Wildman–Crippen LogP) is 14.0. The average Bonchev–Trinajstić information content (AvgIpc) is 3.96. The van der Waals surface area contributed by atoms with Crippen molar-refractivity contribution in [2.24, 2.45) is 0 Å². The molecule has 0 bridgehead atoms. The molecule has 0 radical (unpaired) electrons. The molecule has 0 aliphatic carbocycles. The number of nitrogen functional groups attached to an aromatic ring is 1. The summed E-state index contributed by atoms with van der Waals surface area (Å²) in [5, 5.41) is 24.2. The van der Waals surface area contributed by atoms with Gasteiger partial charge in [0.05, 0.1) is 34.0 Å². The highest BCUT2D eigenvalue weighted by atomic mass is 32.2. The quantitative estimate of drug-likeness (QED) is 0.0771. The number of aryl methyl sites for hydroxylation is 6. The lowest BCUT2D eigenvalue weighted by Gasteiger charge is -2.13. The van der Waals surface area contributed by atoms with Gasteiger partial charge in [0, 0.05) is 46.6 Å². The van der Waals surface area contributed by atoms with Crippen LogP contribution in [0.4, 0.5) is 21.7 Å². The molecule has 0 saturated heterocycles. The third kappa shape index (κ3) is 12.3. The van der Waals surface area contributed by atoms with Gasteiger partial charge in [-0.15, -0.1) is 0 Å². The molecular weight excluding hydrogens is 920 g/mol. The van der Waals surface area contributed by atoms with E-state index in [0.717, 1.165) is 44.1 Å². The summed E-state index contributed by atoms with van der Waals surface area (Å²) < 4.78 is 18.3. The van der Waals surface area contributed by atoms with Gasteiger partial charge in [0.2, 0.25) is 5.95 Å². The Hall–Kier alpha value is -8.23. The zero-order valence-electron chi connectivity index (χ0n) is 40.3. The number of halogens is 1. The van der Waals surface area contributed by atoms with Crippen LogP contribution < -0.4 is 11.1 Å². The Balaban J connectivity index is 0.000000166. The van der Waals surface area contributed by atoms with Crippen LogP contribution in [0.2, 0.25) is 0 Å². The summed E-state index contributed by atoms with van der Waals surface area (Å²) in [7, 11) is 0. The van der Waals surface area contributed by atoms with Crippen LogP contribution in [0.25, 0.3) is 22.1 Å². The summed E-state index contributed by atoms with van der Waals surface area (Å²) in [5.74, 6) is 0.528. The topological polar surface area (TPSA) is 147 Å². The van der Waals surface area contributed by atoms with E-state index in [9.17, 15) is 4.39 Å². The summed E-state index contributed by atoms with van der Waals surface area (Å²) in [5.41, 5.74) is 19.3. The van der Waals surface area contributed by atoms with Gasteiger partial charge >= 0.3 is 6.08 Å². The standard InChI is InChI=1S/C29H25N5S.C22H20FN3S.C7H6N2/c1-19-15-20(2)26(21(3)16-19)35-28-25-13-14-34(18-23-7-5-4-6-8-23)27(25)32-29(33-28)31-24-11-9-22(17-30)10-12-24;1-14-11-15(2)19(16(3)12-14)27-21-18-9-10-26(20(18)24-22(23)25-21)13-17-7-5-4-6-8-17;8-5-6-1-3-7(9)4-2-6/h4-16H,18H2,1-3H3,(H,31,32,33);4-12H,13H2,1-3H3;1-4H,9H2. The van der Waals surface area contributed by atoms with Crippen LogP contribution in [-0.4, -0.2) is 29.1 Å². The molecule has 0 spiro atoms. The molecule has 0 unspecified atom stereocenters. The fraction of sp³-hybridized carbons (Fsp3) is 0.138. The lowest BCUT2D eigenvalue weighted by molar-refractivity contribution is 0.531. The van der Waals surface area contributed by atoms with Gasteiger partial charge in [-0.2, -0.15) is 29.9 Å². The van der Waals surface area contributed by atoms with Crippen LogP contribution in [-0.2, 0) is 13.1 Å². The Morgan fingerprint density at radius 3 is 1.41 bits per heavy atom. The number of nitriles is 2. The SMILES string of the molecule is Cc1cc(C)c(Sc2nc(F)nc3c2ccn3Cc2ccccc2)c(C)c1.Cc1cc(C)c(Sc2nc(Nc3ccc(C#N)cc3)nc3c2ccn3Cc2ccccc2)c(C)c1.N#Cc1ccc(N)cc1. The minimum Gasteiger partial charge on any atom is -0.399 e. The number of aromatic nitrogens is 6. The molecule has 352 valence electrons. The zero-order valence-corrected chi connectivity index (χ0v) is 41.9. The monoisotopic (exact) mass is 970 g/mol. The van der Waals surface area contributed by atoms with E-state index in [1.54, 1.807) is 48.2 Å². The predicted molar refractivity (Wildman–Crippen MR) is 286 cm³/mol. The fourth-order valence-corrected chi connectivity index (χ4v) is 10.3. The Bertz CT molecular complexity index is 3510. The molecule has 0 amide bonds. The number of hydrogen-bond donors (Lipinski definition) is 2. The molecule has 13 heteroatoms. The van der Waals surface area contributed by atoms with E-state index in [2.05, 4.69) is 140 Å². The summed E-state index contributed by atoms with van der Waals surface area (Å²) >= 11 is 3.19. The Kier molecular flexibility index (Phi) is 15.6. The minimum atomic E-state index is -0.694. The molecule has 3 N–H and O–H groups in total. The van der Waals surface area contributed by atoms with Gasteiger partial charge in [-0.25, -0.2) is 4.98 Å². The Morgan fingerprint density at radius 1 is 0.535 bits per heavy atom. The van der Waals surface area contributed by atoms with E-state index < -0.39 is 6.08 Å². The highest BCUT2D eigenvalue weighted by Gasteiger charge is 2.18. The van der Waals surface area contributed by atoms with Crippen molar-refractivity contribution in [1.29, 1.82) is 10.5 Å². The molecule has 6 aromatic carbocycles. The largest absolute Gasteiger partial charge is 0.399 e. The first-order valence-corrected chi connectivity index (χ1v) is 24.5. The van der Waals surface area contributed by atoms with Crippen molar-refractivity contribution in [3.8, 4) is 12.1 Å². The maximum absolute atomic E-state index is 14.2. The maximum Gasteiger partial charge on any atom is 0.311 e. The number of nitrogens with two attached hydrogens (primary N) is 1. The molecule has 0 atom stereocenters.